The zero-order valence-corrected chi connectivity index (χ0v) is 10.6. The predicted octanol–water partition coefficient (Wildman–Crippen LogP) is 2.15. The number of amides is 1. The van der Waals surface area contributed by atoms with Crippen LogP contribution in [-0.4, -0.2) is 11.5 Å². The standard InChI is InChI=1S/C14H16N2O2/c1-3-14(4-2)7-10-5-9(13(16)17)6-11(8-15)12(10)18-14/h5-6H,3-4,7H2,1-2H3,(H2,16,17). The van der Waals surface area contributed by atoms with E-state index in [9.17, 15) is 4.79 Å². The van der Waals surface area contributed by atoms with Crippen LogP contribution in [-0.2, 0) is 6.42 Å². The van der Waals surface area contributed by atoms with Gasteiger partial charge in [0.1, 0.15) is 17.4 Å². The minimum absolute atomic E-state index is 0.246. The number of primary amides is 1. The van der Waals surface area contributed by atoms with Crippen molar-refractivity contribution >= 4 is 5.91 Å². The second-order valence-corrected chi connectivity index (χ2v) is 4.66. The first-order valence-electron chi connectivity index (χ1n) is 6.11. The maximum absolute atomic E-state index is 11.2. The van der Waals surface area contributed by atoms with Crippen molar-refractivity contribution in [2.24, 2.45) is 5.73 Å². The second kappa shape index (κ2) is 4.34. The minimum atomic E-state index is -0.514. The zero-order chi connectivity index (χ0) is 13.3. The molecule has 0 aromatic heterocycles. The van der Waals surface area contributed by atoms with Crippen molar-refractivity contribution in [2.45, 2.75) is 38.7 Å². The average molecular weight is 244 g/mol. The molecule has 0 bridgehead atoms. The van der Waals surface area contributed by atoms with Gasteiger partial charge in [-0.25, -0.2) is 0 Å². The molecule has 1 aromatic carbocycles. The maximum Gasteiger partial charge on any atom is 0.248 e. The average Bonchev–Trinajstić information content (AvgIpc) is 2.76. The first-order chi connectivity index (χ1) is 8.55. The van der Waals surface area contributed by atoms with Gasteiger partial charge in [0.05, 0.1) is 5.56 Å². The normalized spacial score (nSPS) is 15.6. The highest BCUT2D eigenvalue weighted by molar-refractivity contribution is 5.93. The molecule has 1 amide bonds. The number of benzene rings is 1. The van der Waals surface area contributed by atoms with Gasteiger partial charge in [-0.1, -0.05) is 13.8 Å². The van der Waals surface area contributed by atoms with E-state index in [1.807, 2.05) is 0 Å². The molecule has 1 aromatic rings. The number of hydrogen-bond donors (Lipinski definition) is 1. The summed E-state index contributed by atoms with van der Waals surface area (Å²) in [6, 6.07) is 5.32. The van der Waals surface area contributed by atoms with E-state index < -0.39 is 5.91 Å². The fraction of sp³-hybridized carbons (Fsp3) is 0.429. The number of nitriles is 1. The molecule has 0 unspecified atom stereocenters. The summed E-state index contributed by atoms with van der Waals surface area (Å²) in [7, 11) is 0. The van der Waals surface area contributed by atoms with Gasteiger partial charge in [0.2, 0.25) is 5.91 Å². The first-order valence-corrected chi connectivity index (χ1v) is 6.11. The number of hydrogen-bond acceptors (Lipinski definition) is 3. The predicted molar refractivity (Wildman–Crippen MR) is 67.3 cm³/mol. The van der Waals surface area contributed by atoms with Crippen LogP contribution < -0.4 is 10.5 Å². The van der Waals surface area contributed by atoms with E-state index in [1.54, 1.807) is 6.07 Å². The van der Waals surface area contributed by atoms with E-state index in [1.165, 1.54) is 6.07 Å². The van der Waals surface area contributed by atoms with Crippen LogP contribution in [0.15, 0.2) is 12.1 Å². The molecule has 0 spiro atoms. The zero-order valence-electron chi connectivity index (χ0n) is 10.6. The molecule has 1 aliphatic heterocycles. The van der Waals surface area contributed by atoms with Gasteiger partial charge in [0, 0.05) is 17.5 Å². The van der Waals surface area contributed by atoms with Gasteiger partial charge in [-0.05, 0) is 25.0 Å². The molecule has 0 atom stereocenters. The molecule has 0 fully saturated rings. The Morgan fingerprint density at radius 1 is 1.50 bits per heavy atom. The van der Waals surface area contributed by atoms with E-state index in [-0.39, 0.29) is 5.60 Å². The molecule has 1 aliphatic rings. The van der Waals surface area contributed by atoms with Crippen LogP contribution in [0.1, 0.15) is 48.2 Å². The van der Waals surface area contributed by atoms with Crippen LogP contribution in [0.4, 0.5) is 0 Å². The van der Waals surface area contributed by atoms with Crippen molar-refractivity contribution in [3.05, 3.63) is 28.8 Å². The lowest BCUT2D eigenvalue weighted by molar-refractivity contribution is 0.0855. The van der Waals surface area contributed by atoms with Gasteiger partial charge in [0.15, 0.2) is 0 Å². The smallest absolute Gasteiger partial charge is 0.248 e. The summed E-state index contributed by atoms with van der Waals surface area (Å²) in [5, 5.41) is 9.14. The Kier molecular flexibility index (Phi) is 3.00. The van der Waals surface area contributed by atoms with Crippen molar-refractivity contribution < 1.29 is 9.53 Å². The number of nitrogens with two attached hydrogens (primary N) is 1. The molecule has 0 aliphatic carbocycles. The number of fused-ring (bicyclic) bond motifs is 1. The summed E-state index contributed by atoms with van der Waals surface area (Å²) in [5.74, 6) is 0.103. The summed E-state index contributed by atoms with van der Waals surface area (Å²) in [5.41, 5.74) is 6.70. The quantitative estimate of drug-likeness (QED) is 0.885. The van der Waals surface area contributed by atoms with E-state index in [0.717, 1.165) is 24.8 Å². The molecule has 0 saturated heterocycles. The van der Waals surface area contributed by atoms with Gasteiger partial charge < -0.3 is 10.5 Å². The van der Waals surface area contributed by atoms with Crippen molar-refractivity contribution in [3.8, 4) is 11.8 Å². The van der Waals surface area contributed by atoms with Crippen molar-refractivity contribution in [3.63, 3.8) is 0 Å². The van der Waals surface area contributed by atoms with Crippen molar-refractivity contribution in [2.75, 3.05) is 0 Å². The Labute approximate surface area is 106 Å². The largest absolute Gasteiger partial charge is 0.485 e. The van der Waals surface area contributed by atoms with Gasteiger partial charge >= 0.3 is 0 Å². The highest BCUT2D eigenvalue weighted by Crippen LogP contribution is 2.41. The summed E-state index contributed by atoms with van der Waals surface area (Å²) < 4.78 is 5.98. The third-order valence-electron chi connectivity index (χ3n) is 3.69. The maximum atomic E-state index is 11.2. The highest BCUT2D eigenvalue weighted by atomic mass is 16.5. The molecule has 1 heterocycles. The monoisotopic (exact) mass is 244 g/mol. The summed E-state index contributed by atoms with van der Waals surface area (Å²) in [4.78, 5) is 11.2. The Morgan fingerprint density at radius 2 is 2.17 bits per heavy atom. The van der Waals surface area contributed by atoms with Crippen molar-refractivity contribution in [1.82, 2.24) is 0 Å². The van der Waals surface area contributed by atoms with E-state index in [0.29, 0.717) is 16.9 Å². The Balaban J connectivity index is 2.53. The van der Waals surface area contributed by atoms with Crippen molar-refractivity contribution in [1.29, 1.82) is 5.26 Å². The summed E-state index contributed by atoms with van der Waals surface area (Å²) >= 11 is 0. The number of carbonyl (C=O) groups is 1. The second-order valence-electron chi connectivity index (χ2n) is 4.66. The molecule has 2 rings (SSSR count). The first kappa shape index (κ1) is 12.4. The highest BCUT2D eigenvalue weighted by Gasteiger charge is 2.38. The SMILES string of the molecule is CCC1(CC)Cc2cc(C(N)=O)cc(C#N)c2O1. The third-order valence-corrected chi connectivity index (χ3v) is 3.69. The van der Waals surface area contributed by atoms with E-state index >= 15 is 0 Å². The van der Waals surface area contributed by atoms with E-state index in [4.69, 9.17) is 15.7 Å². The molecule has 18 heavy (non-hydrogen) atoms. The molecule has 0 saturated carbocycles. The summed E-state index contributed by atoms with van der Waals surface area (Å²) in [6.45, 7) is 4.13. The number of carbonyl (C=O) groups excluding carboxylic acids is 1. The minimum Gasteiger partial charge on any atom is -0.485 e. The van der Waals surface area contributed by atoms with Crippen LogP contribution in [0.3, 0.4) is 0 Å². The molecule has 2 N–H and O–H groups in total. The van der Waals surface area contributed by atoms with Gasteiger partial charge in [-0.2, -0.15) is 5.26 Å². The number of nitrogens with zero attached hydrogens (tertiary/aromatic N) is 1. The molecule has 94 valence electrons. The lowest BCUT2D eigenvalue weighted by Gasteiger charge is -2.25. The lowest BCUT2D eigenvalue weighted by Crippen LogP contribution is -2.32. The molecular formula is C14H16N2O2. The van der Waals surface area contributed by atoms with E-state index in [2.05, 4.69) is 19.9 Å². The van der Waals surface area contributed by atoms with Crippen LogP contribution in [0.2, 0.25) is 0 Å². The Morgan fingerprint density at radius 3 is 2.67 bits per heavy atom. The van der Waals surface area contributed by atoms with Gasteiger partial charge in [0.25, 0.3) is 0 Å². The number of rotatable bonds is 3. The van der Waals surface area contributed by atoms with Gasteiger partial charge in [-0.3, -0.25) is 4.79 Å². The topological polar surface area (TPSA) is 76.1 Å². The van der Waals surface area contributed by atoms with Gasteiger partial charge in [-0.15, -0.1) is 0 Å². The number of ether oxygens (including phenoxy) is 1. The molecule has 4 heteroatoms. The van der Waals surface area contributed by atoms with Crippen LogP contribution in [0.5, 0.6) is 5.75 Å². The van der Waals surface area contributed by atoms with Crippen LogP contribution in [0, 0.1) is 11.3 Å². The third kappa shape index (κ3) is 1.82. The fourth-order valence-electron chi connectivity index (χ4n) is 2.41. The molecule has 0 radical (unpaired) electrons. The lowest BCUT2D eigenvalue weighted by atomic mass is 9.91. The Hall–Kier alpha value is -2.02. The summed E-state index contributed by atoms with van der Waals surface area (Å²) in [6.07, 6.45) is 2.47. The van der Waals surface area contributed by atoms with Crippen LogP contribution >= 0.6 is 0 Å². The Bertz CT molecular complexity index is 539. The molecular weight excluding hydrogens is 228 g/mol. The van der Waals surface area contributed by atoms with Crippen LogP contribution in [0.25, 0.3) is 0 Å². The molecule has 4 nitrogen and oxygen atoms in total. The fourth-order valence-corrected chi connectivity index (χ4v) is 2.41.